The van der Waals surface area contributed by atoms with Gasteiger partial charge in [0.2, 0.25) is 5.91 Å². The fraction of sp³-hybridized carbons (Fsp3) is 0.368. The normalized spacial score (nSPS) is 15.1. The average Bonchev–Trinajstić information content (AvgIpc) is 3.33. The summed E-state index contributed by atoms with van der Waals surface area (Å²) < 4.78 is 5.06. The zero-order valence-corrected chi connectivity index (χ0v) is 15.3. The molecule has 0 bridgehead atoms. The van der Waals surface area contributed by atoms with Crippen molar-refractivity contribution in [3.8, 4) is 0 Å². The summed E-state index contributed by atoms with van der Waals surface area (Å²) in [5, 5.41) is 5.75. The van der Waals surface area contributed by atoms with Crippen LogP contribution < -0.4 is 16.4 Å². The van der Waals surface area contributed by atoms with Gasteiger partial charge < -0.3 is 20.8 Å². The maximum Gasteiger partial charge on any atom is 0.291 e. The van der Waals surface area contributed by atoms with Gasteiger partial charge >= 0.3 is 0 Å². The number of nitrogens with two attached hydrogens (primary N) is 1. The van der Waals surface area contributed by atoms with E-state index < -0.39 is 5.41 Å². The molecule has 1 saturated carbocycles. The first kappa shape index (κ1) is 20.0. The van der Waals surface area contributed by atoms with Gasteiger partial charge in [-0.1, -0.05) is 25.0 Å². The van der Waals surface area contributed by atoms with Gasteiger partial charge in [0.1, 0.15) is 0 Å². The lowest BCUT2D eigenvalue weighted by Gasteiger charge is -2.25. The van der Waals surface area contributed by atoms with E-state index in [4.69, 9.17) is 10.2 Å². The Morgan fingerprint density at radius 1 is 1.12 bits per heavy atom. The molecule has 0 spiro atoms. The molecule has 0 saturated heterocycles. The molecule has 7 heteroatoms. The van der Waals surface area contributed by atoms with E-state index >= 15 is 0 Å². The highest BCUT2D eigenvalue weighted by Gasteiger charge is 2.39. The lowest BCUT2D eigenvalue weighted by atomic mass is 9.85. The first-order valence-corrected chi connectivity index (χ1v) is 8.55. The molecule has 0 atom stereocenters. The number of rotatable bonds is 6. The number of nitrogens with one attached hydrogen (secondary N) is 2. The van der Waals surface area contributed by atoms with Crippen molar-refractivity contribution in [2.45, 2.75) is 32.2 Å². The molecule has 0 unspecified atom stereocenters. The molecule has 1 aliphatic carbocycles. The second kappa shape index (κ2) is 8.87. The Morgan fingerprint density at radius 3 is 2.38 bits per heavy atom. The number of halogens is 1. The van der Waals surface area contributed by atoms with Crippen LogP contribution in [0.2, 0.25) is 0 Å². The number of amides is 2. The number of furan rings is 1. The van der Waals surface area contributed by atoms with Crippen molar-refractivity contribution in [3.05, 3.63) is 54.0 Å². The van der Waals surface area contributed by atoms with E-state index in [1.54, 1.807) is 24.3 Å². The predicted molar refractivity (Wildman–Crippen MR) is 102 cm³/mol. The quantitative estimate of drug-likeness (QED) is 0.720. The monoisotopic (exact) mass is 377 g/mol. The Hall–Kier alpha value is -2.31. The molecule has 3 rings (SSSR count). The van der Waals surface area contributed by atoms with Crippen LogP contribution in [0.3, 0.4) is 0 Å². The van der Waals surface area contributed by atoms with Gasteiger partial charge in [0.15, 0.2) is 5.76 Å². The highest BCUT2D eigenvalue weighted by Crippen LogP contribution is 2.37. The Balaban J connectivity index is 0.00000243. The van der Waals surface area contributed by atoms with Crippen molar-refractivity contribution in [1.82, 2.24) is 5.32 Å². The van der Waals surface area contributed by atoms with E-state index in [0.29, 0.717) is 18.8 Å². The average molecular weight is 378 g/mol. The van der Waals surface area contributed by atoms with Crippen LogP contribution in [-0.2, 0) is 11.3 Å². The molecule has 26 heavy (non-hydrogen) atoms. The van der Waals surface area contributed by atoms with Gasteiger partial charge in [-0.3, -0.25) is 9.59 Å². The molecule has 1 heterocycles. The molecular formula is C19H24ClN3O3. The Labute approximate surface area is 158 Å². The van der Waals surface area contributed by atoms with Crippen molar-refractivity contribution in [1.29, 1.82) is 0 Å². The summed E-state index contributed by atoms with van der Waals surface area (Å²) >= 11 is 0. The minimum Gasteiger partial charge on any atom is -0.459 e. The third kappa shape index (κ3) is 4.45. The fourth-order valence-electron chi connectivity index (χ4n) is 3.25. The van der Waals surface area contributed by atoms with Gasteiger partial charge in [0, 0.05) is 18.8 Å². The number of anilines is 1. The van der Waals surface area contributed by atoms with Gasteiger partial charge in [-0.15, -0.1) is 12.4 Å². The van der Waals surface area contributed by atoms with Crippen molar-refractivity contribution in [2.75, 3.05) is 11.9 Å². The second-order valence-electron chi connectivity index (χ2n) is 6.50. The van der Waals surface area contributed by atoms with Crippen molar-refractivity contribution < 1.29 is 14.0 Å². The highest BCUT2D eigenvalue weighted by atomic mass is 35.5. The van der Waals surface area contributed by atoms with E-state index in [0.717, 1.165) is 31.2 Å². The third-order valence-corrected chi connectivity index (χ3v) is 4.84. The maximum absolute atomic E-state index is 12.5. The van der Waals surface area contributed by atoms with E-state index in [9.17, 15) is 9.59 Å². The van der Waals surface area contributed by atoms with Crippen LogP contribution in [0.5, 0.6) is 0 Å². The van der Waals surface area contributed by atoms with E-state index in [-0.39, 0.29) is 30.0 Å². The number of hydrogen-bond acceptors (Lipinski definition) is 4. The molecule has 0 radical (unpaired) electrons. The Morgan fingerprint density at radius 2 is 1.81 bits per heavy atom. The Bertz CT molecular complexity index is 723. The first-order valence-electron chi connectivity index (χ1n) is 8.55. The third-order valence-electron chi connectivity index (χ3n) is 4.84. The topological polar surface area (TPSA) is 97.4 Å². The SMILES string of the molecule is Cl.NCC1(C(=O)NCc2ccc(NC(=O)c3ccco3)cc2)CCCC1. The van der Waals surface area contributed by atoms with Crippen molar-refractivity contribution in [2.24, 2.45) is 11.1 Å². The summed E-state index contributed by atoms with van der Waals surface area (Å²) in [4.78, 5) is 24.4. The fourth-order valence-corrected chi connectivity index (χ4v) is 3.25. The summed E-state index contributed by atoms with van der Waals surface area (Å²) in [6, 6.07) is 10.6. The van der Waals surface area contributed by atoms with E-state index in [1.807, 2.05) is 12.1 Å². The highest BCUT2D eigenvalue weighted by molar-refractivity contribution is 6.02. The zero-order valence-electron chi connectivity index (χ0n) is 14.5. The smallest absolute Gasteiger partial charge is 0.291 e. The second-order valence-corrected chi connectivity index (χ2v) is 6.50. The minimum atomic E-state index is -0.392. The molecule has 6 nitrogen and oxygen atoms in total. The van der Waals surface area contributed by atoms with Crippen LogP contribution in [0.15, 0.2) is 47.1 Å². The zero-order chi connectivity index (χ0) is 17.7. The minimum absolute atomic E-state index is 0. The van der Waals surface area contributed by atoms with Crippen LogP contribution >= 0.6 is 12.4 Å². The summed E-state index contributed by atoms with van der Waals surface area (Å²) in [6.45, 7) is 0.851. The van der Waals surface area contributed by atoms with Gasteiger partial charge in [0.05, 0.1) is 11.7 Å². The van der Waals surface area contributed by atoms with Crippen molar-refractivity contribution >= 4 is 29.9 Å². The van der Waals surface area contributed by atoms with Crippen LogP contribution in [0.1, 0.15) is 41.8 Å². The molecule has 4 N–H and O–H groups in total. The predicted octanol–water partition coefficient (Wildman–Crippen LogP) is 3.09. The number of hydrogen-bond donors (Lipinski definition) is 3. The summed E-state index contributed by atoms with van der Waals surface area (Å²) in [5.41, 5.74) is 7.08. The first-order chi connectivity index (χ1) is 12.1. The Kier molecular flexibility index (Phi) is 6.83. The number of carbonyl (C=O) groups is 2. The molecule has 1 fully saturated rings. The summed E-state index contributed by atoms with van der Waals surface area (Å²) in [7, 11) is 0. The lowest BCUT2D eigenvalue weighted by molar-refractivity contribution is -0.130. The van der Waals surface area contributed by atoms with Crippen LogP contribution in [-0.4, -0.2) is 18.4 Å². The lowest BCUT2D eigenvalue weighted by Crippen LogP contribution is -2.43. The standard InChI is InChI=1S/C19H23N3O3.ClH/c20-13-19(9-1-2-10-19)18(24)21-12-14-5-7-15(8-6-14)22-17(23)16-4-3-11-25-16;/h3-8,11H,1-2,9-10,12-13,20H2,(H,21,24)(H,22,23);1H. The largest absolute Gasteiger partial charge is 0.459 e. The van der Waals surface area contributed by atoms with E-state index in [2.05, 4.69) is 10.6 Å². The number of carbonyl (C=O) groups excluding carboxylic acids is 2. The molecule has 140 valence electrons. The molecule has 1 aromatic heterocycles. The molecule has 1 aromatic carbocycles. The summed E-state index contributed by atoms with van der Waals surface area (Å²) in [6.07, 6.45) is 5.32. The molecular weight excluding hydrogens is 354 g/mol. The molecule has 2 aromatic rings. The maximum atomic E-state index is 12.5. The molecule has 2 amide bonds. The van der Waals surface area contributed by atoms with Crippen molar-refractivity contribution in [3.63, 3.8) is 0 Å². The van der Waals surface area contributed by atoms with Gasteiger partial charge in [-0.25, -0.2) is 0 Å². The van der Waals surface area contributed by atoms with Crippen LogP contribution in [0.25, 0.3) is 0 Å². The summed E-state index contributed by atoms with van der Waals surface area (Å²) in [5.74, 6) is 0.0138. The molecule has 1 aliphatic rings. The van der Waals surface area contributed by atoms with Crippen LogP contribution in [0, 0.1) is 5.41 Å². The number of benzene rings is 1. The van der Waals surface area contributed by atoms with Crippen LogP contribution in [0.4, 0.5) is 5.69 Å². The van der Waals surface area contributed by atoms with Gasteiger partial charge in [-0.05, 0) is 42.7 Å². The van der Waals surface area contributed by atoms with Gasteiger partial charge in [0.25, 0.3) is 5.91 Å². The van der Waals surface area contributed by atoms with Gasteiger partial charge in [-0.2, -0.15) is 0 Å². The van der Waals surface area contributed by atoms with E-state index in [1.165, 1.54) is 6.26 Å². The molecule has 0 aliphatic heterocycles.